The number of hydrogen-bond donors (Lipinski definition) is 2. The number of anilines is 1. The first-order valence-electron chi connectivity index (χ1n) is 10.1. The van der Waals surface area contributed by atoms with E-state index in [1.54, 1.807) is 0 Å². The van der Waals surface area contributed by atoms with Gasteiger partial charge in [-0.1, -0.05) is 61.2 Å². The largest absolute Gasteiger partial charge is 0.411 e. The van der Waals surface area contributed by atoms with Crippen LogP contribution in [0.5, 0.6) is 0 Å². The lowest BCUT2D eigenvalue weighted by Crippen LogP contribution is -2.13. The van der Waals surface area contributed by atoms with E-state index in [1.807, 2.05) is 35.8 Å². The number of carbonyl (C=O) groups excluding carboxylic acids is 1. The van der Waals surface area contributed by atoms with Gasteiger partial charge in [0, 0.05) is 28.0 Å². The van der Waals surface area contributed by atoms with Gasteiger partial charge in [-0.25, -0.2) is 4.98 Å². The molecule has 160 valence electrons. The van der Waals surface area contributed by atoms with E-state index in [2.05, 4.69) is 56.7 Å². The lowest BCUT2D eigenvalue weighted by Gasteiger charge is -2.00. The van der Waals surface area contributed by atoms with Gasteiger partial charge in [0.15, 0.2) is 5.13 Å². The quantitative estimate of drug-likeness (QED) is 0.305. The Morgan fingerprint density at radius 1 is 1.16 bits per heavy atom. The maximum Gasteiger partial charge on any atom is 0.277 e. The standard InChI is InChI=1S/C23H19N5O2S2/c1-2-14-7-9-15(10-8-14)19-12-31-22(25-19)26-20(29)13-32-23-28-27-21(30-23)17-11-24-18-6-4-3-5-16(17)18/h3-12,24H,2,13H2,1H3,(H,25,26,29). The molecule has 1 amide bonds. The van der Waals surface area contributed by atoms with Gasteiger partial charge < -0.3 is 14.7 Å². The van der Waals surface area contributed by atoms with Gasteiger partial charge in [-0.15, -0.1) is 21.5 Å². The molecular weight excluding hydrogens is 442 g/mol. The predicted octanol–water partition coefficient (Wildman–Crippen LogP) is 5.63. The van der Waals surface area contributed by atoms with Crippen LogP contribution in [0.1, 0.15) is 12.5 Å². The molecule has 32 heavy (non-hydrogen) atoms. The summed E-state index contributed by atoms with van der Waals surface area (Å²) >= 11 is 2.59. The van der Waals surface area contributed by atoms with Crippen LogP contribution in [0.4, 0.5) is 5.13 Å². The van der Waals surface area contributed by atoms with Crippen LogP contribution < -0.4 is 5.32 Å². The van der Waals surface area contributed by atoms with Crippen molar-refractivity contribution in [2.75, 3.05) is 11.1 Å². The Morgan fingerprint density at radius 3 is 2.84 bits per heavy atom. The fourth-order valence-corrected chi connectivity index (χ4v) is 4.58. The second kappa shape index (κ2) is 8.97. The van der Waals surface area contributed by atoms with Crippen molar-refractivity contribution in [2.24, 2.45) is 0 Å². The summed E-state index contributed by atoms with van der Waals surface area (Å²) in [7, 11) is 0. The van der Waals surface area contributed by atoms with Crippen molar-refractivity contribution in [1.82, 2.24) is 20.2 Å². The van der Waals surface area contributed by atoms with E-state index in [4.69, 9.17) is 4.42 Å². The molecule has 2 aromatic carbocycles. The minimum atomic E-state index is -0.177. The zero-order chi connectivity index (χ0) is 21.9. The number of thioether (sulfide) groups is 1. The summed E-state index contributed by atoms with van der Waals surface area (Å²) in [4.78, 5) is 20.1. The van der Waals surface area contributed by atoms with Crippen LogP contribution in [-0.4, -0.2) is 31.8 Å². The summed E-state index contributed by atoms with van der Waals surface area (Å²) < 4.78 is 5.75. The van der Waals surface area contributed by atoms with Gasteiger partial charge >= 0.3 is 0 Å². The van der Waals surface area contributed by atoms with Crippen LogP contribution in [0.2, 0.25) is 0 Å². The zero-order valence-corrected chi connectivity index (χ0v) is 18.8. The molecule has 7 nitrogen and oxygen atoms in total. The van der Waals surface area contributed by atoms with Crippen molar-refractivity contribution in [3.8, 4) is 22.7 Å². The molecule has 0 aliphatic rings. The van der Waals surface area contributed by atoms with Gasteiger partial charge in [0.05, 0.1) is 17.0 Å². The van der Waals surface area contributed by atoms with Crippen molar-refractivity contribution in [3.63, 3.8) is 0 Å². The number of nitrogens with one attached hydrogen (secondary N) is 2. The van der Waals surface area contributed by atoms with Crippen LogP contribution in [0.25, 0.3) is 33.6 Å². The Hall–Kier alpha value is -3.43. The Morgan fingerprint density at radius 2 is 2.00 bits per heavy atom. The third-order valence-electron chi connectivity index (χ3n) is 4.96. The number of fused-ring (bicyclic) bond motifs is 1. The summed E-state index contributed by atoms with van der Waals surface area (Å²) in [5, 5.41) is 14.9. The fraction of sp³-hybridized carbons (Fsp3) is 0.130. The SMILES string of the molecule is CCc1ccc(-c2csc(NC(=O)CSc3nnc(-c4c[nH]c5ccccc45)o3)n2)cc1. The number of nitrogens with zero attached hydrogens (tertiary/aromatic N) is 3. The summed E-state index contributed by atoms with van der Waals surface area (Å²) in [5.41, 5.74) is 5.00. The van der Waals surface area contributed by atoms with E-state index in [0.717, 1.165) is 34.1 Å². The van der Waals surface area contributed by atoms with Gasteiger partial charge in [-0.3, -0.25) is 4.79 Å². The first kappa shape index (κ1) is 20.5. The van der Waals surface area contributed by atoms with E-state index in [0.29, 0.717) is 16.2 Å². The monoisotopic (exact) mass is 461 g/mol. The lowest BCUT2D eigenvalue weighted by atomic mass is 10.1. The molecule has 0 atom stereocenters. The van der Waals surface area contributed by atoms with Crippen LogP contribution in [0.3, 0.4) is 0 Å². The first-order chi connectivity index (χ1) is 15.7. The highest BCUT2D eigenvalue weighted by molar-refractivity contribution is 7.99. The second-order valence-electron chi connectivity index (χ2n) is 7.05. The number of benzene rings is 2. The number of carbonyl (C=O) groups is 1. The number of H-pyrrole nitrogens is 1. The van der Waals surface area contributed by atoms with Crippen LogP contribution in [-0.2, 0) is 11.2 Å². The highest BCUT2D eigenvalue weighted by Crippen LogP contribution is 2.30. The van der Waals surface area contributed by atoms with E-state index in [9.17, 15) is 4.79 Å². The molecule has 0 radical (unpaired) electrons. The van der Waals surface area contributed by atoms with E-state index >= 15 is 0 Å². The number of aromatic nitrogens is 4. The first-order valence-corrected chi connectivity index (χ1v) is 11.9. The molecule has 2 N–H and O–H groups in total. The molecule has 5 rings (SSSR count). The molecule has 0 saturated carbocycles. The molecule has 0 unspecified atom stereocenters. The van der Waals surface area contributed by atoms with Crippen molar-refractivity contribution in [2.45, 2.75) is 18.6 Å². The summed E-state index contributed by atoms with van der Waals surface area (Å²) in [5.74, 6) is 0.392. The summed E-state index contributed by atoms with van der Waals surface area (Å²) in [6.45, 7) is 2.13. The maximum atomic E-state index is 12.4. The Bertz CT molecular complexity index is 1370. The van der Waals surface area contributed by atoms with Gasteiger partial charge in [-0.05, 0) is 18.1 Å². The maximum absolute atomic E-state index is 12.4. The molecule has 5 aromatic rings. The van der Waals surface area contributed by atoms with Gasteiger partial charge in [0.2, 0.25) is 5.91 Å². The summed E-state index contributed by atoms with van der Waals surface area (Å²) in [6, 6.07) is 16.2. The summed E-state index contributed by atoms with van der Waals surface area (Å²) in [6.07, 6.45) is 2.84. The molecule has 9 heteroatoms. The number of para-hydroxylation sites is 1. The third-order valence-corrected chi connectivity index (χ3v) is 6.54. The fourth-order valence-electron chi connectivity index (χ4n) is 3.28. The number of thiazole rings is 1. The van der Waals surface area contributed by atoms with Gasteiger partial charge in [-0.2, -0.15) is 0 Å². The van der Waals surface area contributed by atoms with E-state index in [-0.39, 0.29) is 11.7 Å². The molecule has 0 aliphatic carbocycles. The third kappa shape index (κ3) is 4.30. The minimum Gasteiger partial charge on any atom is -0.411 e. The normalized spacial score (nSPS) is 11.2. The Balaban J connectivity index is 1.19. The number of aryl methyl sites for hydroxylation is 1. The van der Waals surface area contributed by atoms with Crippen molar-refractivity contribution < 1.29 is 9.21 Å². The second-order valence-corrected chi connectivity index (χ2v) is 8.83. The molecule has 3 heterocycles. The smallest absolute Gasteiger partial charge is 0.277 e. The van der Waals surface area contributed by atoms with E-state index < -0.39 is 0 Å². The lowest BCUT2D eigenvalue weighted by molar-refractivity contribution is -0.113. The van der Waals surface area contributed by atoms with Crippen molar-refractivity contribution >= 4 is 45.0 Å². The average molecular weight is 462 g/mol. The van der Waals surface area contributed by atoms with Crippen molar-refractivity contribution in [1.29, 1.82) is 0 Å². The van der Waals surface area contributed by atoms with Crippen LogP contribution >= 0.6 is 23.1 Å². The Kier molecular flexibility index (Phi) is 5.74. The zero-order valence-electron chi connectivity index (χ0n) is 17.2. The number of rotatable bonds is 7. The molecule has 0 fully saturated rings. The number of aromatic amines is 1. The molecule has 0 aliphatic heterocycles. The molecule has 0 saturated heterocycles. The minimum absolute atomic E-state index is 0.148. The van der Waals surface area contributed by atoms with Gasteiger partial charge in [0.25, 0.3) is 11.1 Å². The van der Waals surface area contributed by atoms with Gasteiger partial charge in [0.1, 0.15) is 0 Å². The van der Waals surface area contributed by atoms with Crippen LogP contribution in [0.15, 0.2) is 69.7 Å². The molecule has 3 aromatic heterocycles. The van der Waals surface area contributed by atoms with E-state index in [1.165, 1.54) is 28.7 Å². The molecular formula is C23H19N5O2S2. The highest BCUT2D eigenvalue weighted by atomic mass is 32.2. The predicted molar refractivity (Wildman–Crippen MR) is 128 cm³/mol. The van der Waals surface area contributed by atoms with Crippen molar-refractivity contribution in [3.05, 3.63) is 65.7 Å². The highest BCUT2D eigenvalue weighted by Gasteiger charge is 2.15. The topological polar surface area (TPSA) is 96.7 Å². The number of amides is 1. The molecule has 0 bridgehead atoms. The molecule has 0 spiro atoms. The average Bonchev–Trinajstić information content (AvgIpc) is 3.57. The Labute approximate surface area is 192 Å². The van der Waals surface area contributed by atoms with Crippen LogP contribution in [0, 0.1) is 0 Å². The number of hydrogen-bond acceptors (Lipinski definition) is 7.